The molecule has 3 N–H and O–H groups in total. The van der Waals surface area contributed by atoms with Gasteiger partial charge in [0, 0.05) is 13.1 Å². The van der Waals surface area contributed by atoms with Crippen LogP contribution >= 0.6 is 24.0 Å². The summed E-state index contributed by atoms with van der Waals surface area (Å²) in [6, 6.07) is 15.7. The summed E-state index contributed by atoms with van der Waals surface area (Å²) in [5.74, 6) is 1.12. The quantitative estimate of drug-likeness (QED) is 0.261. The van der Waals surface area contributed by atoms with Crippen molar-refractivity contribution in [1.29, 1.82) is 0 Å². The van der Waals surface area contributed by atoms with Gasteiger partial charge in [-0.25, -0.2) is 4.98 Å². The van der Waals surface area contributed by atoms with Gasteiger partial charge in [-0.2, -0.15) is 0 Å². The highest BCUT2D eigenvalue weighted by Crippen LogP contribution is 2.22. The number of guanidine groups is 1. The third-order valence-corrected chi connectivity index (χ3v) is 3.74. The van der Waals surface area contributed by atoms with E-state index in [-0.39, 0.29) is 24.0 Å². The maximum absolute atomic E-state index is 5.94. The summed E-state index contributed by atoms with van der Waals surface area (Å²) in [4.78, 5) is 8.75. The zero-order valence-corrected chi connectivity index (χ0v) is 16.4. The van der Waals surface area contributed by atoms with Crippen molar-refractivity contribution < 1.29 is 4.74 Å². The summed E-state index contributed by atoms with van der Waals surface area (Å²) >= 11 is 0. The highest BCUT2D eigenvalue weighted by atomic mass is 127. The van der Waals surface area contributed by atoms with E-state index < -0.39 is 0 Å². The molecule has 3 aromatic rings. The maximum Gasteiger partial charge on any atom is 0.193 e. The van der Waals surface area contributed by atoms with Gasteiger partial charge in [0.25, 0.3) is 0 Å². The number of hydrogen-bond donors (Lipinski definition) is 2. The Morgan fingerprint density at radius 2 is 1.96 bits per heavy atom. The van der Waals surface area contributed by atoms with Gasteiger partial charge in [0.05, 0.1) is 30.2 Å². The number of para-hydroxylation sites is 4. The largest absolute Gasteiger partial charge is 0.495 e. The fraction of sp³-hybridized carbons (Fsp3) is 0.222. The molecule has 0 unspecified atom stereocenters. The third kappa shape index (κ3) is 4.85. The van der Waals surface area contributed by atoms with Gasteiger partial charge in [0.15, 0.2) is 5.96 Å². The molecule has 0 radical (unpaired) electrons. The summed E-state index contributed by atoms with van der Waals surface area (Å²) in [5, 5.41) is 3.07. The summed E-state index contributed by atoms with van der Waals surface area (Å²) in [6.07, 6.45) is 2.75. The predicted octanol–water partition coefficient (Wildman–Crippen LogP) is 3.48. The molecule has 25 heavy (non-hydrogen) atoms. The minimum atomic E-state index is 0. The van der Waals surface area contributed by atoms with Gasteiger partial charge in [0.1, 0.15) is 5.75 Å². The lowest BCUT2D eigenvalue weighted by Crippen LogP contribution is -2.23. The fourth-order valence-electron chi connectivity index (χ4n) is 2.55. The average molecular weight is 451 g/mol. The van der Waals surface area contributed by atoms with Gasteiger partial charge in [-0.3, -0.25) is 4.99 Å². The van der Waals surface area contributed by atoms with E-state index in [4.69, 9.17) is 10.5 Å². The lowest BCUT2D eigenvalue weighted by Gasteiger charge is -2.10. The number of methoxy groups -OCH3 is 1. The molecule has 0 fully saturated rings. The first kappa shape index (κ1) is 19.0. The summed E-state index contributed by atoms with van der Waals surface area (Å²) in [5.41, 5.74) is 8.90. The summed E-state index contributed by atoms with van der Waals surface area (Å²) in [6.45, 7) is 1.49. The zero-order valence-electron chi connectivity index (χ0n) is 14.1. The number of rotatable bonds is 6. The second kappa shape index (κ2) is 9.26. The highest BCUT2D eigenvalue weighted by molar-refractivity contribution is 14.0. The number of hydrogen-bond acceptors (Lipinski definition) is 3. The Bertz CT molecular complexity index is 846. The smallest absolute Gasteiger partial charge is 0.193 e. The van der Waals surface area contributed by atoms with E-state index in [0.717, 1.165) is 35.4 Å². The predicted molar refractivity (Wildman–Crippen MR) is 113 cm³/mol. The molecule has 0 aliphatic carbocycles. The SMILES string of the molecule is COc1ccccc1NC(N)=NCCCn1cnc2ccccc21.I. The van der Waals surface area contributed by atoms with Crippen molar-refractivity contribution >= 4 is 46.7 Å². The van der Waals surface area contributed by atoms with Crippen LogP contribution < -0.4 is 15.8 Å². The second-order valence-corrected chi connectivity index (χ2v) is 5.37. The van der Waals surface area contributed by atoms with Crippen LogP contribution in [0.3, 0.4) is 0 Å². The second-order valence-electron chi connectivity index (χ2n) is 5.37. The van der Waals surface area contributed by atoms with E-state index in [1.807, 2.05) is 48.8 Å². The highest BCUT2D eigenvalue weighted by Gasteiger charge is 2.03. The number of ether oxygens (including phenoxy) is 1. The van der Waals surface area contributed by atoms with Gasteiger partial charge < -0.3 is 20.4 Å². The lowest BCUT2D eigenvalue weighted by atomic mass is 10.3. The normalized spacial score (nSPS) is 11.2. The number of nitrogens with one attached hydrogen (secondary N) is 1. The molecule has 7 heteroatoms. The van der Waals surface area contributed by atoms with Crippen LogP contribution in [0.15, 0.2) is 59.9 Å². The summed E-state index contributed by atoms with van der Waals surface area (Å²) < 4.78 is 7.41. The van der Waals surface area contributed by atoms with Crippen molar-refractivity contribution in [2.24, 2.45) is 10.7 Å². The molecule has 1 heterocycles. The molecule has 0 amide bonds. The number of halogens is 1. The van der Waals surface area contributed by atoms with Crippen LogP contribution in [0.1, 0.15) is 6.42 Å². The number of anilines is 1. The molecule has 2 aromatic carbocycles. The van der Waals surface area contributed by atoms with Crippen molar-refractivity contribution in [3.63, 3.8) is 0 Å². The molecular formula is C18H22IN5O. The standard InChI is InChI=1S/C18H21N5O.HI/c1-24-17-10-5-3-8-15(17)22-18(19)20-11-6-12-23-13-21-14-7-2-4-9-16(14)23;/h2-5,7-10,13H,6,11-12H2,1H3,(H3,19,20,22);1H. The first-order chi connectivity index (χ1) is 11.8. The van der Waals surface area contributed by atoms with Crippen molar-refractivity contribution in [3.05, 3.63) is 54.9 Å². The molecule has 0 saturated carbocycles. The van der Waals surface area contributed by atoms with Crippen LogP contribution in [0.5, 0.6) is 5.75 Å². The number of aromatic nitrogens is 2. The Morgan fingerprint density at radius 1 is 1.20 bits per heavy atom. The number of nitrogens with two attached hydrogens (primary N) is 1. The lowest BCUT2D eigenvalue weighted by molar-refractivity contribution is 0.417. The molecule has 132 valence electrons. The van der Waals surface area contributed by atoms with Crippen LogP contribution in [-0.2, 0) is 6.54 Å². The minimum absolute atomic E-state index is 0. The molecule has 0 atom stereocenters. The molecule has 0 bridgehead atoms. The topological polar surface area (TPSA) is 77.5 Å². The van der Waals surface area contributed by atoms with E-state index in [1.165, 1.54) is 0 Å². The molecule has 0 spiro atoms. The van der Waals surface area contributed by atoms with Gasteiger partial charge in [-0.05, 0) is 30.7 Å². The number of benzene rings is 2. The monoisotopic (exact) mass is 451 g/mol. The van der Waals surface area contributed by atoms with E-state index in [0.29, 0.717) is 12.5 Å². The molecular weight excluding hydrogens is 429 g/mol. The average Bonchev–Trinajstić information content (AvgIpc) is 3.02. The first-order valence-electron chi connectivity index (χ1n) is 7.88. The number of nitrogens with zero attached hydrogens (tertiary/aromatic N) is 3. The van der Waals surface area contributed by atoms with Gasteiger partial charge in [-0.1, -0.05) is 24.3 Å². The Morgan fingerprint density at radius 3 is 2.80 bits per heavy atom. The molecule has 0 saturated heterocycles. The Hall–Kier alpha value is -2.29. The van der Waals surface area contributed by atoms with Crippen molar-refractivity contribution in [1.82, 2.24) is 9.55 Å². The van der Waals surface area contributed by atoms with Crippen molar-refractivity contribution in [2.75, 3.05) is 19.0 Å². The number of aliphatic imine (C=N–C) groups is 1. The van der Waals surface area contributed by atoms with Crippen LogP contribution in [-0.4, -0.2) is 29.2 Å². The molecule has 1 aromatic heterocycles. The van der Waals surface area contributed by atoms with Gasteiger partial charge >= 0.3 is 0 Å². The van der Waals surface area contributed by atoms with Crippen LogP contribution in [0, 0.1) is 0 Å². The third-order valence-electron chi connectivity index (χ3n) is 3.74. The Kier molecular flexibility index (Phi) is 7.05. The van der Waals surface area contributed by atoms with E-state index >= 15 is 0 Å². The minimum Gasteiger partial charge on any atom is -0.495 e. The van der Waals surface area contributed by atoms with E-state index in [9.17, 15) is 0 Å². The molecule has 0 aliphatic rings. The maximum atomic E-state index is 5.94. The molecule has 0 aliphatic heterocycles. The fourth-order valence-corrected chi connectivity index (χ4v) is 2.55. The molecule has 3 rings (SSSR count). The van der Waals surface area contributed by atoms with Gasteiger partial charge in [0.2, 0.25) is 0 Å². The van der Waals surface area contributed by atoms with Crippen LogP contribution in [0.4, 0.5) is 5.69 Å². The summed E-state index contributed by atoms with van der Waals surface area (Å²) in [7, 11) is 1.63. The van der Waals surface area contributed by atoms with Crippen LogP contribution in [0.25, 0.3) is 11.0 Å². The van der Waals surface area contributed by atoms with Crippen LogP contribution in [0.2, 0.25) is 0 Å². The van der Waals surface area contributed by atoms with E-state index in [1.54, 1.807) is 7.11 Å². The number of imidazole rings is 1. The number of aryl methyl sites for hydroxylation is 1. The van der Waals surface area contributed by atoms with Crippen molar-refractivity contribution in [3.8, 4) is 5.75 Å². The first-order valence-corrected chi connectivity index (χ1v) is 7.88. The Balaban J connectivity index is 0.00000225. The zero-order chi connectivity index (χ0) is 16.8. The van der Waals surface area contributed by atoms with Gasteiger partial charge in [-0.15, -0.1) is 24.0 Å². The van der Waals surface area contributed by atoms with Crippen molar-refractivity contribution in [2.45, 2.75) is 13.0 Å². The Labute approximate surface area is 164 Å². The van der Waals surface area contributed by atoms with E-state index in [2.05, 4.69) is 25.9 Å². The molecule has 6 nitrogen and oxygen atoms in total. The number of fused-ring (bicyclic) bond motifs is 1.